The van der Waals surface area contributed by atoms with E-state index in [1.807, 2.05) is 103 Å². The summed E-state index contributed by atoms with van der Waals surface area (Å²) in [6.07, 6.45) is 1.82. The van der Waals surface area contributed by atoms with Gasteiger partial charge in [0.25, 0.3) is 0 Å². The van der Waals surface area contributed by atoms with Gasteiger partial charge in [-0.05, 0) is 82.2 Å². The van der Waals surface area contributed by atoms with Crippen molar-refractivity contribution in [2.45, 2.75) is 6.61 Å². The third-order valence-corrected chi connectivity index (χ3v) is 5.46. The molecular formula is C27H22INO3. The Balaban J connectivity index is 1.44. The Kier molecular flexibility index (Phi) is 7.40. The van der Waals surface area contributed by atoms with Crippen LogP contribution in [0.1, 0.15) is 11.1 Å². The van der Waals surface area contributed by atoms with Gasteiger partial charge in [-0.1, -0.05) is 48.5 Å². The highest BCUT2D eigenvalue weighted by atomic mass is 127. The molecule has 0 fully saturated rings. The zero-order valence-electron chi connectivity index (χ0n) is 17.6. The third-order valence-electron chi connectivity index (χ3n) is 4.66. The van der Waals surface area contributed by atoms with Gasteiger partial charge in [0.15, 0.2) is 11.5 Å². The van der Waals surface area contributed by atoms with Gasteiger partial charge in [-0.15, -0.1) is 0 Å². The van der Waals surface area contributed by atoms with Crippen LogP contribution in [0.25, 0.3) is 0 Å². The number of para-hydroxylation sites is 1. The highest BCUT2D eigenvalue weighted by Gasteiger charge is 2.11. The average Bonchev–Trinajstić information content (AvgIpc) is 2.84. The molecule has 0 aliphatic heterocycles. The van der Waals surface area contributed by atoms with Gasteiger partial charge in [0.05, 0.1) is 16.4 Å². The Morgan fingerprint density at radius 3 is 2.16 bits per heavy atom. The van der Waals surface area contributed by atoms with E-state index in [2.05, 4.69) is 27.6 Å². The van der Waals surface area contributed by atoms with Gasteiger partial charge in [0, 0.05) is 6.21 Å². The molecule has 32 heavy (non-hydrogen) atoms. The molecule has 0 saturated heterocycles. The number of nitrogens with zero attached hydrogens (tertiary/aromatic N) is 1. The van der Waals surface area contributed by atoms with Gasteiger partial charge in [0.2, 0.25) is 0 Å². The predicted octanol–water partition coefficient (Wildman–Crippen LogP) is 7.42. The first-order chi connectivity index (χ1) is 15.7. The Morgan fingerprint density at radius 2 is 1.47 bits per heavy atom. The molecule has 4 aromatic carbocycles. The molecule has 0 aromatic heterocycles. The maximum atomic E-state index is 6.03. The Bertz CT molecular complexity index is 1180. The standard InChI is InChI=1S/C27H22INO3/c1-30-26-17-21(16-25(28)27(26)31-19-20-8-4-2-5-9-20)18-29-22-12-14-24(15-13-22)32-23-10-6-3-7-11-23/h2-18H,19H2,1H3. The highest BCUT2D eigenvalue weighted by Crippen LogP contribution is 2.34. The van der Waals surface area contributed by atoms with Crippen LogP contribution in [0.15, 0.2) is 102 Å². The van der Waals surface area contributed by atoms with E-state index in [0.29, 0.717) is 12.4 Å². The molecule has 5 heteroatoms. The molecule has 160 valence electrons. The van der Waals surface area contributed by atoms with E-state index in [0.717, 1.165) is 37.6 Å². The molecule has 0 amide bonds. The van der Waals surface area contributed by atoms with Crippen LogP contribution in [-0.4, -0.2) is 13.3 Å². The number of hydrogen-bond donors (Lipinski definition) is 0. The lowest BCUT2D eigenvalue weighted by Crippen LogP contribution is -2.00. The fourth-order valence-electron chi connectivity index (χ4n) is 3.06. The molecule has 0 spiro atoms. The van der Waals surface area contributed by atoms with Gasteiger partial charge < -0.3 is 14.2 Å². The number of methoxy groups -OCH3 is 1. The molecule has 0 heterocycles. The minimum atomic E-state index is 0.484. The van der Waals surface area contributed by atoms with Gasteiger partial charge in [-0.3, -0.25) is 4.99 Å². The van der Waals surface area contributed by atoms with Crippen LogP contribution in [0.2, 0.25) is 0 Å². The Labute approximate surface area is 201 Å². The molecule has 4 rings (SSSR count). The smallest absolute Gasteiger partial charge is 0.174 e. The van der Waals surface area contributed by atoms with Gasteiger partial charge in [0.1, 0.15) is 18.1 Å². The quantitative estimate of drug-likeness (QED) is 0.174. The van der Waals surface area contributed by atoms with Gasteiger partial charge in [-0.2, -0.15) is 0 Å². The summed E-state index contributed by atoms with van der Waals surface area (Å²) in [7, 11) is 1.65. The number of benzene rings is 4. The zero-order valence-corrected chi connectivity index (χ0v) is 19.7. The molecule has 0 saturated carbocycles. The summed E-state index contributed by atoms with van der Waals surface area (Å²) in [5, 5.41) is 0. The molecule has 0 bridgehead atoms. The first-order valence-corrected chi connectivity index (χ1v) is 11.2. The number of aliphatic imine (C=N–C) groups is 1. The van der Waals surface area contributed by atoms with Crippen molar-refractivity contribution in [3.05, 3.63) is 112 Å². The number of halogens is 1. The second-order valence-electron chi connectivity index (χ2n) is 6.98. The molecular weight excluding hydrogens is 513 g/mol. The summed E-state index contributed by atoms with van der Waals surface area (Å²) >= 11 is 2.26. The van der Waals surface area contributed by atoms with E-state index in [1.165, 1.54) is 0 Å². The molecule has 0 N–H and O–H groups in total. The van der Waals surface area contributed by atoms with Crippen LogP contribution in [-0.2, 0) is 6.61 Å². The van der Waals surface area contributed by atoms with Crippen molar-refractivity contribution in [1.29, 1.82) is 0 Å². The SMILES string of the molecule is COc1cc(C=Nc2ccc(Oc3ccccc3)cc2)cc(I)c1OCc1ccccc1. The van der Waals surface area contributed by atoms with Crippen LogP contribution in [0.3, 0.4) is 0 Å². The van der Waals surface area contributed by atoms with Crippen molar-refractivity contribution in [1.82, 2.24) is 0 Å². The summed E-state index contributed by atoms with van der Waals surface area (Å²) in [5.74, 6) is 2.99. The van der Waals surface area contributed by atoms with Crippen LogP contribution >= 0.6 is 22.6 Å². The number of hydrogen-bond acceptors (Lipinski definition) is 4. The molecule has 0 radical (unpaired) electrons. The lowest BCUT2D eigenvalue weighted by atomic mass is 10.2. The Hall–Kier alpha value is -3.32. The molecule has 0 atom stereocenters. The van der Waals surface area contributed by atoms with Gasteiger partial charge in [-0.25, -0.2) is 0 Å². The van der Waals surface area contributed by atoms with Crippen LogP contribution in [0.4, 0.5) is 5.69 Å². The molecule has 0 aliphatic rings. The van der Waals surface area contributed by atoms with Crippen LogP contribution in [0.5, 0.6) is 23.0 Å². The van der Waals surface area contributed by atoms with Crippen molar-refractivity contribution in [3.8, 4) is 23.0 Å². The van der Waals surface area contributed by atoms with Crippen molar-refractivity contribution < 1.29 is 14.2 Å². The van der Waals surface area contributed by atoms with E-state index >= 15 is 0 Å². The monoisotopic (exact) mass is 535 g/mol. The Morgan fingerprint density at radius 1 is 0.812 bits per heavy atom. The van der Waals surface area contributed by atoms with E-state index < -0.39 is 0 Å². The topological polar surface area (TPSA) is 40.0 Å². The van der Waals surface area contributed by atoms with E-state index in [9.17, 15) is 0 Å². The predicted molar refractivity (Wildman–Crippen MR) is 137 cm³/mol. The van der Waals surface area contributed by atoms with E-state index in [-0.39, 0.29) is 0 Å². The lowest BCUT2D eigenvalue weighted by Gasteiger charge is -2.13. The average molecular weight is 535 g/mol. The zero-order chi connectivity index (χ0) is 22.2. The van der Waals surface area contributed by atoms with Crippen molar-refractivity contribution in [2.24, 2.45) is 4.99 Å². The summed E-state index contributed by atoms with van der Waals surface area (Å²) in [5.41, 5.74) is 2.88. The van der Waals surface area contributed by atoms with E-state index in [4.69, 9.17) is 14.2 Å². The minimum absolute atomic E-state index is 0.484. The highest BCUT2D eigenvalue weighted by molar-refractivity contribution is 14.1. The molecule has 0 aliphatic carbocycles. The first kappa shape index (κ1) is 21.9. The second kappa shape index (κ2) is 10.8. The molecule has 4 aromatic rings. The minimum Gasteiger partial charge on any atom is -0.493 e. The van der Waals surface area contributed by atoms with Crippen molar-refractivity contribution in [2.75, 3.05) is 7.11 Å². The lowest BCUT2D eigenvalue weighted by molar-refractivity contribution is 0.282. The van der Waals surface area contributed by atoms with Crippen LogP contribution in [0, 0.1) is 3.57 Å². The van der Waals surface area contributed by atoms with E-state index in [1.54, 1.807) is 7.11 Å². The van der Waals surface area contributed by atoms with Crippen molar-refractivity contribution in [3.63, 3.8) is 0 Å². The van der Waals surface area contributed by atoms with Crippen LogP contribution < -0.4 is 14.2 Å². The maximum Gasteiger partial charge on any atom is 0.174 e. The number of ether oxygens (including phenoxy) is 3. The normalized spacial score (nSPS) is 10.8. The second-order valence-corrected chi connectivity index (χ2v) is 8.14. The summed E-state index contributed by atoms with van der Waals surface area (Å²) in [6.45, 7) is 0.484. The van der Waals surface area contributed by atoms with Gasteiger partial charge >= 0.3 is 0 Å². The molecule has 4 nitrogen and oxygen atoms in total. The fourth-order valence-corrected chi connectivity index (χ4v) is 3.84. The molecule has 0 unspecified atom stereocenters. The van der Waals surface area contributed by atoms with Crippen molar-refractivity contribution >= 4 is 34.5 Å². The summed E-state index contributed by atoms with van der Waals surface area (Å²) < 4.78 is 18.4. The largest absolute Gasteiger partial charge is 0.493 e. The summed E-state index contributed by atoms with van der Waals surface area (Å²) in [6, 6.07) is 31.4. The third kappa shape index (κ3) is 5.88. The number of rotatable bonds is 8. The first-order valence-electron chi connectivity index (χ1n) is 10.1. The fraction of sp³-hybridized carbons (Fsp3) is 0.0741. The summed E-state index contributed by atoms with van der Waals surface area (Å²) in [4.78, 5) is 4.58. The maximum absolute atomic E-state index is 6.03.